The van der Waals surface area contributed by atoms with Crippen molar-refractivity contribution in [2.45, 2.75) is 19.3 Å². The molecule has 3 rings (SSSR count). The van der Waals surface area contributed by atoms with Crippen LogP contribution < -0.4 is 0 Å². The summed E-state index contributed by atoms with van der Waals surface area (Å²) in [6, 6.07) is 3.99. The number of nitro benzene ring substituents is 1. The van der Waals surface area contributed by atoms with E-state index in [1.54, 1.807) is 4.90 Å². The van der Waals surface area contributed by atoms with Crippen LogP contribution in [0.1, 0.15) is 29.6 Å². The maximum atomic E-state index is 12.5. The molecular weight excluding hydrogens is 324 g/mol. The number of likely N-dealkylation sites (tertiary alicyclic amines) is 1. The second-order valence-electron chi connectivity index (χ2n) is 6.17. The molecule has 1 unspecified atom stereocenters. The highest BCUT2D eigenvalue weighted by Crippen LogP contribution is 2.59. The number of halogens is 1. The van der Waals surface area contributed by atoms with Gasteiger partial charge in [0.1, 0.15) is 5.56 Å². The summed E-state index contributed by atoms with van der Waals surface area (Å²) in [5.41, 5.74) is -0.479. The molecule has 1 heterocycles. The molecule has 1 aliphatic carbocycles. The molecule has 2 fully saturated rings. The molecular formula is C15H15ClN2O5. The second-order valence-corrected chi connectivity index (χ2v) is 6.60. The van der Waals surface area contributed by atoms with E-state index in [4.69, 9.17) is 16.7 Å². The lowest BCUT2D eigenvalue weighted by Crippen LogP contribution is -2.40. The molecule has 1 amide bonds. The molecule has 0 bridgehead atoms. The Morgan fingerprint density at radius 1 is 1.35 bits per heavy atom. The number of carbonyl (C=O) groups excluding carboxylic acids is 1. The van der Waals surface area contributed by atoms with Crippen LogP contribution in [0.4, 0.5) is 5.69 Å². The van der Waals surface area contributed by atoms with E-state index in [1.807, 2.05) is 0 Å². The normalized spacial score (nSPS) is 22.0. The van der Waals surface area contributed by atoms with E-state index in [1.165, 1.54) is 18.2 Å². The van der Waals surface area contributed by atoms with Crippen LogP contribution in [0.3, 0.4) is 0 Å². The number of nitro groups is 1. The molecule has 122 valence electrons. The summed E-state index contributed by atoms with van der Waals surface area (Å²) < 4.78 is 0. The number of amides is 1. The lowest BCUT2D eigenvalue weighted by molar-refractivity contribution is -0.385. The van der Waals surface area contributed by atoms with Crippen molar-refractivity contribution in [2.24, 2.45) is 11.3 Å². The van der Waals surface area contributed by atoms with Gasteiger partial charge in [0.05, 0.1) is 10.8 Å². The summed E-state index contributed by atoms with van der Waals surface area (Å²) in [6.45, 7) is 0.838. The third-order valence-electron chi connectivity index (χ3n) is 4.92. The molecule has 1 aromatic rings. The first kappa shape index (κ1) is 15.7. The second kappa shape index (κ2) is 5.49. The average molecular weight is 339 g/mol. The van der Waals surface area contributed by atoms with E-state index < -0.39 is 16.8 Å². The molecule has 0 radical (unpaired) electrons. The Kier molecular flexibility index (Phi) is 3.75. The molecule has 1 N–H and O–H groups in total. The van der Waals surface area contributed by atoms with Crippen molar-refractivity contribution in [1.82, 2.24) is 4.90 Å². The van der Waals surface area contributed by atoms with Crippen LogP contribution in [0.5, 0.6) is 0 Å². The zero-order valence-corrected chi connectivity index (χ0v) is 13.0. The van der Waals surface area contributed by atoms with Crippen LogP contribution >= 0.6 is 11.6 Å². The van der Waals surface area contributed by atoms with Crippen LogP contribution in [0.15, 0.2) is 18.2 Å². The van der Waals surface area contributed by atoms with Crippen LogP contribution in [-0.4, -0.2) is 39.9 Å². The SMILES string of the molecule is O=C(O)C1CC12CCN(C(=O)c1ccc(Cl)cc1[N+](=O)[O-])CC2. The van der Waals surface area contributed by atoms with Crippen LogP contribution in [0.25, 0.3) is 0 Å². The van der Waals surface area contributed by atoms with E-state index in [9.17, 15) is 19.7 Å². The first-order chi connectivity index (χ1) is 10.8. The van der Waals surface area contributed by atoms with Crippen molar-refractivity contribution in [2.75, 3.05) is 13.1 Å². The van der Waals surface area contributed by atoms with Crippen molar-refractivity contribution >= 4 is 29.2 Å². The van der Waals surface area contributed by atoms with Crippen LogP contribution in [0.2, 0.25) is 5.02 Å². The number of piperidine rings is 1. The highest BCUT2D eigenvalue weighted by molar-refractivity contribution is 6.31. The molecule has 2 aliphatic rings. The Hall–Kier alpha value is -2.15. The van der Waals surface area contributed by atoms with Gasteiger partial charge in [0.2, 0.25) is 0 Å². The zero-order chi connectivity index (χ0) is 16.8. The van der Waals surface area contributed by atoms with Crippen molar-refractivity contribution < 1.29 is 19.6 Å². The Morgan fingerprint density at radius 3 is 2.52 bits per heavy atom. The monoisotopic (exact) mass is 338 g/mol. The van der Waals surface area contributed by atoms with Crippen molar-refractivity contribution in [3.8, 4) is 0 Å². The van der Waals surface area contributed by atoms with Gasteiger partial charge in [-0.3, -0.25) is 19.7 Å². The first-order valence-corrected chi connectivity index (χ1v) is 7.68. The molecule has 0 aromatic heterocycles. The van der Waals surface area contributed by atoms with Gasteiger partial charge in [-0.05, 0) is 36.8 Å². The van der Waals surface area contributed by atoms with Crippen molar-refractivity contribution in [3.05, 3.63) is 38.9 Å². The predicted octanol–water partition coefficient (Wildman–Crippen LogP) is 2.58. The van der Waals surface area contributed by atoms with E-state index >= 15 is 0 Å². The molecule has 1 aliphatic heterocycles. The summed E-state index contributed by atoms with van der Waals surface area (Å²) in [5, 5.41) is 20.4. The number of carboxylic acids is 1. The topological polar surface area (TPSA) is 101 Å². The van der Waals surface area contributed by atoms with Crippen LogP contribution in [-0.2, 0) is 4.79 Å². The summed E-state index contributed by atoms with van der Waals surface area (Å²) in [6.07, 6.45) is 1.90. The Labute approximate surface area is 137 Å². The van der Waals surface area contributed by atoms with Gasteiger partial charge in [-0.1, -0.05) is 11.6 Å². The smallest absolute Gasteiger partial charge is 0.307 e. The van der Waals surface area contributed by atoms with Gasteiger partial charge in [-0.25, -0.2) is 0 Å². The van der Waals surface area contributed by atoms with Gasteiger partial charge >= 0.3 is 5.97 Å². The minimum atomic E-state index is -0.780. The van der Waals surface area contributed by atoms with Gasteiger partial charge in [0.15, 0.2) is 0 Å². The van der Waals surface area contributed by atoms with E-state index in [0.717, 1.165) is 0 Å². The Bertz CT molecular complexity index is 697. The molecule has 8 heteroatoms. The third-order valence-corrected chi connectivity index (χ3v) is 5.16. The van der Waals surface area contributed by atoms with Crippen molar-refractivity contribution in [3.63, 3.8) is 0 Å². The van der Waals surface area contributed by atoms with Crippen molar-refractivity contribution in [1.29, 1.82) is 0 Å². The number of carbonyl (C=O) groups is 2. The van der Waals surface area contributed by atoms with E-state index in [0.29, 0.717) is 32.4 Å². The quantitative estimate of drug-likeness (QED) is 0.674. The number of hydrogen-bond acceptors (Lipinski definition) is 4. The van der Waals surface area contributed by atoms with Gasteiger partial charge in [0.25, 0.3) is 11.6 Å². The average Bonchev–Trinajstić information content (AvgIpc) is 3.21. The highest BCUT2D eigenvalue weighted by Gasteiger charge is 2.59. The minimum absolute atomic E-state index is 0.0148. The molecule has 1 aromatic carbocycles. The maximum absolute atomic E-state index is 12.5. The molecule has 1 spiro atoms. The molecule has 1 saturated heterocycles. The summed E-state index contributed by atoms with van der Waals surface area (Å²) in [4.78, 5) is 35.6. The molecule has 1 atom stereocenters. The lowest BCUT2D eigenvalue weighted by atomic mass is 9.90. The fourth-order valence-electron chi connectivity index (χ4n) is 3.41. The summed E-state index contributed by atoms with van der Waals surface area (Å²) in [7, 11) is 0. The third kappa shape index (κ3) is 2.76. The number of rotatable bonds is 3. The number of nitrogens with zero attached hydrogens (tertiary/aromatic N) is 2. The first-order valence-electron chi connectivity index (χ1n) is 7.30. The Balaban J connectivity index is 1.74. The number of carboxylic acid groups (broad SMARTS) is 1. The van der Waals surface area contributed by atoms with Crippen LogP contribution in [0, 0.1) is 21.4 Å². The van der Waals surface area contributed by atoms with E-state index in [2.05, 4.69) is 0 Å². The van der Waals surface area contributed by atoms with Gasteiger partial charge in [-0.2, -0.15) is 0 Å². The number of hydrogen-bond donors (Lipinski definition) is 1. The van der Waals surface area contributed by atoms with Gasteiger partial charge in [-0.15, -0.1) is 0 Å². The highest BCUT2D eigenvalue weighted by atomic mass is 35.5. The predicted molar refractivity (Wildman–Crippen MR) is 81.4 cm³/mol. The fourth-order valence-corrected chi connectivity index (χ4v) is 3.58. The minimum Gasteiger partial charge on any atom is -0.481 e. The largest absolute Gasteiger partial charge is 0.481 e. The molecule has 1 saturated carbocycles. The lowest BCUT2D eigenvalue weighted by Gasteiger charge is -2.32. The molecule has 7 nitrogen and oxygen atoms in total. The van der Waals surface area contributed by atoms with Gasteiger partial charge < -0.3 is 10.0 Å². The maximum Gasteiger partial charge on any atom is 0.307 e. The van der Waals surface area contributed by atoms with E-state index in [-0.39, 0.29) is 27.6 Å². The standard InChI is InChI=1S/C15H15ClN2O5/c16-9-1-2-10(12(7-9)18(22)23)13(19)17-5-3-15(4-6-17)8-11(15)14(20)21/h1-2,7,11H,3-6,8H2,(H,20,21). The zero-order valence-electron chi connectivity index (χ0n) is 12.2. The van der Waals surface area contributed by atoms with Gasteiger partial charge in [0, 0.05) is 24.2 Å². The Morgan fingerprint density at radius 2 is 2.00 bits per heavy atom. The summed E-state index contributed by atoms with van der Waals surface area (Å²) in [5.74, 6) is -1.50. The number of aliphatic carboxylic acids is 1. The fraction of sp³-hybridized carbons (Fsp3) is 0.467. The number of benzene rings is 1. The summed E-state index contributed by atoms with van der Waals surface area (Å²) >= 11 is 5.76. The molecule has 23 heavy (non-hydrogen) atoms.